The van der Waals surface area contributed by atoms with E-state index in [0.717, 1.165) is 22.4 Å². The summed E-state index contributed by atoms with van der Waals surface area (Å²) in [5.74, 6) is 0.542. The molecule has 0 saturated carbocycles. The topological polar surface area (TPSA) is 106 Å². The van der Waals surface area contributed by atoms with Crippen LogP contribution in [0.3, 0.4) is 0 Å². The molecule has 6 rings (SSSR count). The highest BCUT2D eigenvalue weighted by Crippen LogP contribution is 2.37. The molecule has 0 amide bonds. The summed E-state index contributed by atoms with van der Waals surface area (Å²) in [4.78, 5) is 9.40. The van der Waals surface area contributed by atoms with E-state index in [9.17, 15) is 9.32 Å². The molecule has 204 valence electrons. The first-order chi connectivity index (χ1) is 18.7. The monoisotopic (exact) mass is 568 g/mol. The number of benzene rings is 2. The molecule has 0 aliphatic carbocycles. The van der Waals surface area contributed by atoms with Gasteiger partial charge in [-0.1, -0.05) is 48.0 Å². The zero-order valence-electron chi connectivity index (χ0n) is 21.8. The van der Waals surface area contributed by atoms with Gasteiger partial charge in [0.25, 0.3) is 0 Å². The maximum absolute atomic E-state index is 12.5. The number of aliphatic imine (C=N–C) groups is 1. The Morgan fingerprint density at radius 2 is 1.67 bits per heavy atom. The Morgan fingerprint density at radius 3 is 2.36 bits per heavy atom. The van der Waals surface area contributed by atoms with E-state index in [1.807, 2.05) is 54.6 Å². The number of aromatic nitrogens is 1. The lowest BCUT2D eigenvalue weighted by Gasteiger charge is -2.17. The third kappa shape index (κ3) is 5.20. The van der Waals surface area contributed by atoms with Crippen molar-refractivity contribution in [2.24, 2.45) is 9.36 Å². The molecule has 3 aliphatic heterocycles. The van der Waals surface area contributed by atoms with Gasteiger partial charge in [-0.15, -0.1) is 0 Å². The Labute approximate surface area is 232 Å². The highest BCUT2D eigenvalue weighted by atomic mass is 35.5. The molecular formula is C28H29ClN4O5S. The Balaban J connectivity index is 1.16. The van der Waals surface area contributed by atoms with Crippen molar-refractivity contribution in [3.05, 3.63) is 65.3 Å². The van der Waals surface area contributed by atoms with Gasteiger partial charge in [-0.2, -0.15) is 4.36 Å². The van der Waals surface area contributed by atoms with Crippen LogP contribution in [-0.2, 0) is 30.5 Å². The first-order valence-electron chi connectivity index (χ1n) is 12.6. The summed E-state index contributed by atoms with van der Waals surface area (Å²) >= 11 is 6.62. The molecule has 2 fully saturated rings. The standard InChI is InChI=1S/C28H29ClN4O5S/c1-33(2)39(3,35)32-19-10-8-17(9-11-19)16-4-6-18(7-5-16)26-20(29)12-21-22(31-26)13-25(30-21)38-24-15-37-27-23(34)14-36-28(24)27/h4-12,23-24,27-28,34H,13-15H2,1-3H3/t23-,24-,27-,28-,39?/m1/s1. The largest absolute Gasteiger partial charge is 0.472 e. The third-order valence-corrected chi connectivity index (χ3v) is 9.37. The molecule has 0 bridgehead atoms. The quantitative estimate of drug-likeness (QED) is 0.489. The van der Waals surface area contributed by atoms with Gasteiger partial charge in [-0.25, -0.2) is 18.5 Å². The van der Waals surface area contributed by atoms with E-state index in [-0.39, 0.29) is 24.9 Å². The SMILES string of the molecule is CN(C)S(C)(=O)=Nc1ccc(-c2ccc(-c3nc4c(cc3Cl)N=C(O[C@@H]3CO[C@H]5[C@@H]3OC[C@H]5O)C4)cc2)cc1. The highest BCUT2D eigenvalue weighted by molar-refractivity contribution is 7.90. The van der Waals surface area contributed by atoms with Gasteiger partial charge in [-0.3, -0.25) is 0 Å². The van der Waals surface area contributed by atoms with Crippen LogP contribution in [0.15, 0.2) is 64.0 Å². The second kappa shape index (κ2) is 10.3. The Kier molecular flexibility index (Phi) is 6.95. The van der Waals surface area contributed by atoms with Crippen LogP contribution in [0.2, 0.25) is 5.02 Å². The number of halogens is 1. The number of nitrogens with zero attached hydrogens (tertiary/aromatic N) is 4. The number of hydrogen-bond donors (Lipinski definition) is 1. The number of ether oxygens (including phenoxy) is 3. The lowest BCUT2D eigenvalue weighted by molar-refractivity contribution is 0.00558. The molecule has 2 saturated heterocycles. The molecule has 9 nitrogen and oxygen atoms in total. The van der Waals surface area contributed by atoms with Crippen molar-refractivity contribution >= 4 is 38.8 Å². The van der Waals surface area contributed by atoms with Gasteiger partial charge in [0.2, 0.25) is 0 Å². The fourth-order valence-corrected chi connectivity index (χ4v) is 5.79. The molecule has 1 N–H and O–H groups in total. The van der Waals surface area contributed by atoms with E-state index in [4.69, 9.17) is 30.8 Å². The minimum absolute atomic E-state index is 0.251. The number of rotatable bonds is 5. The normalized spacial score (nSPS) is 25.2. The van der Waals surface area contributed by atoms with Gasteiger partial charge in [-0.05, 0) is 29.3 Å². The first-order valence-corrected chi connectivity index (χ1v) is 14.9. The number of fused-ring (bicyclic) bond motifs is 2. The van der Waals surface area contributed by atoms with Crippen LogP contribution in [0, 0.1) is 0 Å². The van der Waals surface area contributed by atoms with Gasteiger partial charge >= 0.3 is 0 Å². The summed E-state index contributed by atoms with van der Waals surface area (Å²) < 4.78 is 35.9. The average Bonchev–Trinajstić information content (AvgIpc) is 3.60. The third-order valence-electron chi connectivity index (χ3n) is 7.18. The summed E-state index contributed by atoms with van der Waals surface area (Å²) in [5, 5.41) is 10.5. The Bertz CT molecular complexity index is 1550. The van der Waals surface area contributed by atoms with Crippen molar-refractivity contribution in [1.29, 1.82) is 0 Å². The lowest BCUT2D eigenvalue weighted by atomic mass is 10.0. The van der Waals surface area contributed by atoms with Crippen molar-refractivity contribution in [1.82, 2.24) is 9.29 Å². The second-order valence-corrected chi connectivity index (χ2v) is 12.9. The smallest absolute Gasteiger partial charge is 0.195 e. The molecule has 2 aromatic carbocycles. The average molecular weight is 569 g/mol. The molecule has 1 unspecified atom stereocenters. The van der Waals surface area contributed by atoms with Crippen LogP contribution in [0.25, 0.3) is 22.4 Å². The van der Waals surface area contributed by atoms with Gasteiger partial charge in [0.1, 0.15) is 28.2 Å². The number of hydrogen-bond acceptors (Lipinski definition) is 8. The first kappa shape index (κ1) is 26.4. The van der Waals surface area contributed by atoms with Crippen molar-refractivity contribution in [2.75, 3.05) is 33.6 Å². The zero-order chi connectivity index (χ0) is 27.3. The van der Waals surface area contributed by atoms with E-state index in [1.165, 1.54) is 0 Å². The van der Waals surface area contributed by atoms with Crippen LogP contribution in [0.4, 0.5) is 11.4 Å². The zero-order valence-corrected chi connectivity index (χ0v) is 23.4. The van der Waals surface area contributed by atoms with Crippen LogP contribution >= 0.6 is 11.6 Å². The Hall–Kier alpha value is -2.86. The van der Waals surface area contributed by atoms with Crippen molar-refractivity contribution in [3.8, 4) is 22.4 Å². The van der Waals surface area contributed by atoms with Crippen LogP contribution in [0.1, 0.15) is 5.69 Å². The molecule has 11 heteroatoms. The molecule has 3 aromatic rings. The molecule has 1 aromatic heterocycles. The maximum atomic E-state index is 12.5. The predicted octanol–water partition coefficient (Wildman–Crippen LogP) is 4.40. The van der Waals surface area contributed by atoms with E-state index < -0.39 is 16.0 Å². The summed E-state index contributed by atoms with van der Waals surface area (Å²) in [5.41, 5.74) is 5.78. The fraction of sp³-hybridized carbons (Fsp3) is 0.357. The van der Waals surface area contributed by atoms with Gasteiger partial charge in [0.05, 0.1) is 47.4 Å². The Morgan fingerprint density at radius 1 is 1.03 bits per heavy atom. The minimum atomic E-state index is -2.44. The molecule has 39 heavy (non-hydrogen) atoms. The van der Waals surface area contributed by atoms with Gasteiger partial charge < -0.3 is 19.3 Å². The van der Waals surface area contributed by atoms with Crippen LogP contribution < -0.4 is 0 Å². The minimum Gasteiger partial charge on any atom is -0.472 e. The second-order valence-electron chi connectivity index (χ2n) is 10.1. The van der Waals surface area contributed by atoms with E-state index in [0.29, 0.717) is 41.0 Å². The predicted molar refractivity (Wildman–Crippen MR) is 151 cm³/mol. The van der Waals surface area contributed by atoms with Crippen molar-refractivity contribution < 1.29 is 23.5 Å². The summed E-state index contributed by atoms with van der Waals surface area (Å²) in [6.07, 6.45) is 0.474. The molecule has 0 spiro atoms. The van der Waals surface area contributed by atoms with Crippen LogP contribution in [0.5, 0.6) is 0 Å². The number of pyridine rings is 1. The van der Waals surface area contributed by atoms with E-state index in [1.54, 1.807) is 24.7 Å². The van der Waals surface area contributed by atoms with Gasteiger partial charge in [0.15, 0.2) is 12.0 Å². The number of aliphatic hydroxyl groups excluding tert-OH is 1. The van der Waals surface area contributed by atoms with E-state index >= 15 is 0 Å². The van der Waals surface area contributed by atoms with Crippen LogP contribution in [-0.4, -0.2) is 82.5 Å². The molecule has 4 heterocycles. The molecule has 5 atom stereocenters. The highest BCUT2D eigenvalue weighted by Gasteiger charge is 2.49. The van der Waals surface area contributed by atoms with Gasteiger partial charge in [0, 0.05) is 25.9 Å². The molecule has 0 radical (unpaired) electrons. The molecular weight excluding hydrogens is 540 g/mol. The fourth-order valence-electron chi connectivity index (χ4n) is 4.86. The van der Waals surface area contributed by atoms with Crippen molar-refractivity contribution in [3.63, 3.8) is 0 Å². The van der Waals surface area contributed by atoms with E-state index in [2.05, 4.69) is 9.36 Å². The maximum Gasteiger partial charge on any atom is 0.195 e. The number of aliphatic hydroxyl groups is 1. The summed E-state index contributed by atoms with van der Waals surface area (Å²) in [6.45, 7) is 0.598. The van der Waals surface area contributed by atoms with Crippen molar-refractivity contribution in [2.45, 2.75) is 30.8 Å². The molecule has 3 aliphatic rings. The summed E-state index contributed by atoms with van der Waals surface area (Å²) in [7, 11) is 1.07. The summed E-state index contributed by atoms with van der Waals surface area (Å²) in [6, 6.07) is 17.5. The lowest BCUT2D eigenvalue weighted by Crippen LogP contribution is -2.34.